The Morgan fingerprint density at radius 2 is 1.81 bits per heavy atom. The highest BCUT2D eigenvalue weighted by atomic mass is 79.9. The summed E-state index contributed by atoms with van der Waals surface area (Å²) >= 11 is 14.4. The van der Waals surface area contributed by atoms with Crippen LogP contribution in [0.2, 0.25) is 10.0 Å². The lowest BCUT2D eigenvalue weighted by molar-refractivity contribution is -0.131. The van der Waals surface area contributed by atoms with Gasteiger partial charge >= 0.3 is 6.18 Å². The Morgan fingerprint density at radius 1 is 1.23 bits per heavy atom. The number of sulfonamides is 1. The van der Waals surface area contributed by atoms with Crippen LogP contribution < -0.4 is 9.46 Å². The van der Waals surface area contributed by atoms with Crippen LogP contribution in [0.5, 0.6) is 5.88 Å². The minimum absolute atomic E-state index is 0.141. The molecule has 1 unspecified atom stereocenters. The smallest absolute Gasteiger partial charge is 0.411 e. The summed E-state index contributed by atoms with van der Waals surface area (Å²) in [6.45, 7) is 0. The Kier molecular flexibility index (Phi) is 6.26. The van der Waals surface area contributed by atoms with Crippen molar-refractivity contribution >= 4 is 55.0 Å². The first kappa shape index (κ1) is 21.0. The number of hydrogen-bond donors (Lipinski definition) is 1. The number of rotatable bonds is 5. The first-order valence-electron chi connectivity index (χ1n) is 6.55. The van der Waals surface area contributed by atoms with Crippen molar-refractivity contribution in [2.75, 3.05) is 11.8 Å². The van der Waals surface area contributed by atoms with Crippen LogP contribution >= 0.6 is 39.1 Å². The minimum atomic E-state index is -5.16. The van der Waals surface area contributed by atoms with Crippen molar-refractivity contribution in [2.24, 2.45) is 0 Å². The second-order valence-electron chi connectivity index (χ2n) is 4.82. The molecule has 6 nitrogen and oxygen atoms in total. The number of anilines is 1. The Morgan fingerprint density at radius 3 is 2.31 bits per heavy atom. The maximum absolute atomic E-state index is 13.5. The molecule has 13 heteroatoms. The summed E-state index contributed by atoms with van der Waals surface area (Å²) in [4.78, 5) is 7.46. The summed E-state index contributed by atoms with van der Waals surface area (Å²) < 4.78 is 72.3. The summed E-state index contributed by atoms with van der Waals surface area (Å²) in [5.74, 6) is -0.814. The standard InChI is InChI=1S/C13H9BrCl2F3N3O3S/c1-25-12-11(20-5-9(14)21-12)22-26(23,24)10(13(17,18)19)6-2-7(15)4-8(16)3-6/h2-5,10H,1H3,(H,20,22). The van der Waals surface area contributed by atoms with Crippen LogP contribution in [0.25, 0.3) is 0 Å². The molecule has 0 saturated carbocycles. The number of ether oxygens (including phenoxy) is 1. The van der Waals surface area contributed by atoms with Crippen molar-refractivity contribution in [2.45, 2.75) is 11.4 Å². The molecule has 1 heterocycles. The third-order valence-electron chi connectivity index (χ3n) is 2.94. The van der Waals surface area contributed by atoms with Gasteiger partial charge in [0, 0.05) is 10.0 Å². The van der Waals surface area contributed by atoms with Crippen molar-refractivity contribution in [1.82, 2.24) is 9.97 Å². The number of nitrogens with one attached hydrogen (secondary N) is 1. The van der Waals surface area contributed by atoms with Crippen LogP contribution in [0.1, 0.15) is 10.8 Å². The highest BCUT2D eigenvalue weighted by Gasteiger charge is 2.50. The van der Waals surface area contributed by atoms with Gasteiger partial charge in [-0.2, -0.15) is 13.2 Å². The zero-order valence-electron chi connectivity index (χ0n) is 12.7. The molecule has 2 aromatic rings. The summed E-state index contributed by atoms with van der Waals surface area (Å²) in [7, 11) is -3.90. The number of nitrogens with zero attached hydrogens (tertiary/aromatic N) is 2. The van der Waals surface area contributed by atoms with E-state index in [9.17, 15) is 21.6 Å². The molecule has 0 bridgehead atoms. The molecule has 0 aliphatic carbocycles. The molecule has 0 aliphatic rings. The number of hydrogen-bond acceptors (Lipinski definition) is 5. The summed E-state index contributed by atoms with van der Waals surface area (Å²) in [5.41, 5.74) is -0.647. The van der Waals surface area contributed by atoms with E-state index >= 15 is 0 Å². The molecule has 0 amide bonds. The zero-order chi connectivity index (χ0) is 19.7. The Labute approximate surface area is 164 Å². The van der Waals surface area contributed by atoms with E-state index in [1.807, 2.05) is 0 Å². The van der Waals surface area contributed by atoms with Crippen LogP contribution in [0.3, 0.4) is 0 Å². The van der Waals surface area contributed by atoms with Gasteiger partial charge in [-0.25, -0.2) is 18.4 Å². The summed E-state index contributed by atoms with van der Waals surface area (Å²) in [6, 6.07) is 2.92. The number of methoxy groups -OCH3 is 1. The van der Waals surface area contributed by atoms with E-state index in [4.69, 9.17) is 27.9 Å². The number of alkyl halides is 3. The maximum Gasteiger partial charge on any atom is 0.411 e. The molecule has 0 aliphatic heterocycles. The predicted molar refractivity (Wildman–Crippen MR) is 94.1 cm³/mol. The Hall–Kier alpha value is -1.30. The van der Waals surface area contributed by atoms with Gasteiger partial charge in [0.1, 0.15) is 4.60 Å². The highest BCUT2D eigenvalue weighted by molar-refractivity contribution is 9.10. The average Bonchev–Trinajstić information content (AvgIpc) is 2.45. The minimum Gasteiger partial charge on any atom is -0.478 e. The quantitative estimate of drug-likeness (QED) is 0.656. The molecular formula is C13H9BrCl2F3N3O3S. The van der Waals surface area contributed by atoms with Crippen molar-refractivity contribution in [1.29, 1.82) is 0 Å². The first-order chi connectivity index (χ1) is 11.9. The van der Waals surface area contributed by atoms with E-state index in [0.29, 0.717) is 0 Å². The van der Waals surface area contributed by atoms with Gasteiger partial charge in [0.25, 0.3) is 5.88 Å². The van der Waals surface area contributed by atoms with Gasteiger partial charge in [0.05, 0.1) is 13.3 Å². The van der Waals surface area contributed by atoms with E-state index in [1.54, 1.807) is 4.72 Å². The molecule has 0 saturated heterocycles. The molecule has 1 aromatic carbocycles. The summed E-state index contributed by atoms with van der Waals surface area (Å²) in [5, 5.41) is -3.22. The number of benzene rings is 1. The van der Waals surface area contributed by atoms with E-state index in [-0.39, 0.29) is 20.5 Å². The van der Waals surface area contributed by atoms with E-state index in [1.165, 1.54) is 6.07 Å². The van der Waals surface area contributed by atoms with Gasteiger partial charge in [-0.05, 0) is 39.7 Å². The van der Waals surface area contributed by atoms with Crippen LogP contribution in [-0.4, -0.2) is 31.7 Å². The Balaban J connectivity index is 2.54. The van der Waals surface area contributed by atoms with Crippen molar-refractivity contribution < 1.29 is 26.3 Å². The van der Waals surface area contributed by atoms with Gasteiger partial charge in [-0.3, -0.25) is 4.72 Å². The molecule has 142 valence electrons. The fourth-order valence-corrected chi connectivity index (χ4v) is 4.21. The fraction of sp³-hybridized carbons (Fsp3) is 0.231. The molecule has 2 rings (SSSR count). The fourth-order valence-electron chi connectivity index (χ4n) is 2.03. The highest BCUT2D eigenvalue weighted by Crippen LogP contribution is 2.41. The van der Waals surface area contributed by atoms with Gasteiger partial charge in [0.15, 0.2) is 0 Å². The number of halogens is 6. The molecule has 1 atom stereocenters. The lowest BCUT2D eigenvalue weighted by Crippen LogP contribution is -2.33. The molecule has 26 heavy (non-hydrogen) atoms. The predicted octanol–water partition coefficient (Wildman–Crippen LogP) is 4.60. The molecule has 0 spiro atoms. The van der Waals surface area contributed by atoms with E-state index in [2.05, 4.69) is 25.9 Å². The van der Waals surface area contributed by atoms with E-state index in [0.717, 1.165) is 25.4 Å². The first-order valence-corrected chi connectivity index (χ1v) is 9.64. The lowest BCUT2D eigenvalue weighted by Gasteiger charge is -2.22. The summed E-state index contributed by atoms with van der Waals surface area (Å²) in [6.07, 6.45) is -4.06. The van der Waals surface area contributed by atoms with Crippen LogP contribution in [0, 0.1) is 0 Å². The van der Waals surface area contributed by atoms with Crippen LogP contribution in [-0.2, 0) is 10.0 Å². The SMILES string of the molecule is COc1nc(Br)cnc1NS(=O)(=O)C(c1cc(Cl)cc(Cl)c1)C(F)(F)F. The second-order valence-corrected chi connectivity index (χ2v) is 8.27. The monoisotopic (exact) mass is 493 g/mol. The molecule has 0 fully saturated rings. The largest absolute Gasteiger partial charge is 0.478 e. The second kappa shape index (κ2) is 7.75. The van der Waals surface area contributed by atoms with Gasteiger partial charge in [-0.15, -0.1) is 0 Å². The van der Waals surface area contributed by atoms with Crippen molar-refractivity contribution in [3.63, 3.8) is 0 Å². The van der Waals surface area contributed by atoms with Gasteiger partial charge < -0.3 is 4.74 Å². The van der Waals surface area contributed by atoms with Gasteiger partial charge in [0.2, 0.25) is 21.1 Å². The van der Waals surface area contributed by atoms with Crippen LogP contribution in [0.4, 0.5) is 19.0 Å². The zero-order valence-corrected chi connectivity index (χ0v) is 16.6. The van der Waals surface area contributed by atoms with Crippen molar-refractivity contribution in [3.05, 3.63) is 44.6 Å². The maximum atomic E-state index is 13.5. The number of aromatic nitrogens is 2. The Bertz CT molecular complexity index is 908. The third-order valence-corrected chi connectivity index (χ3v) is 5.40. The molecule has 1 aromatic heterocycles. The van der Waals surface area contributed by atoms with Crippen molar-refractivity contribution in [3.8, 4) is 5.88 Å². The molecule has 1 N–H and O–H groups in total. The lowest BCUT2D eigenvalue weighted by atomic mass is 10.1. The molecular weight excluding hydrogens is 486 g/mol. The average molecular weight is 495 g/mol. The third kappa shape index (κ3) is 4.90. The molecule has 0 radical (unpaired) electrons. The topological polar surface area (TPSA) is 81.2 Å². The van der Waals surface area contributed by atoms with E-state index < -0.39 is 32.8 Å². The van der Waals surface area contributed by atoms with Gasteiger partial charge in [-0.1, -0.05) is 23.2 Å². The normalized spacial score (nSPS) is 13.3. The van der Waals surface area contributed by atoms with Crippen LogP contribution in [0.15, 0.2) is 29.0 Å².